The van der Waals surface area contributed by atoms with Crippen LogP contribution in [0.3, 0.4) is 0 Å². The van der Waals surface area contributed by atoms with Gasteiger partial charge in [-0.05, 0) is 25.7 Å². The molecule has 1 aromatic rings. The lowest BCUT2D eigenvalue weighted by atomic mass is 10.00. The van der Waals surface area contributed by atoms with Gasteiger partial charge in [0.05, 0.1) is 11.9 Å². The maximum atomic E-state index is 11.5. The first-order valence-electron chi connectivity index (χ1n) is 7.34. The molecular formula is C14H22N4O. The van der Waals surface area contributed by atoms with E-state index in [-0.39, 0.29) is 5.69 Å². The molecule has 0 amide bonds. The summed E-state index contributed by atoms with van der Waals surface area (Å²) >= 11 is 0. The minimum absolute atomic E-state index is 0.223. The van der Waals surface area contributed by atoms with Gasteiger partial charge in [-0.15, -0.1) is 0 Å². The number of nitrogens with one attached hydrogen (secondary N) is 1. The number of aromatic amines is 1. The molecule has 0 spiro atoms. The summed E-state index contributed by atoms with van der Waals surface area (Å²) in [6.45, 7) is 1.93. The number of nitrogens with zero attached hydrogens (tertiary/aromatic N) is 2. The molecule has 0 aromatic carbocycles. The Morgan fingerprint density at radius 2 is 1.89 bits per heavy atom. The number of nitrogens with two attached hydrogens (primary N) is 1. The minimum atomic E-state index is -0.223. The molecule has 2 aliphatic rings. The number of aromatic nitrogens is 2. The van der Waals surface area contributed by atoms with Crippen molar-refractivity contribution >= 4 is 5.69 Å². The molecule has 1 aliphatic heterocycles. The summed E-state index contributed by atoms with van der Waals surface area (Å²) in [7, 11) is 0. The number of piperidine rings is 1. The maximum absolute atomic E-state index is 11.5. The van der Waals surface area contributed by atoms with E-state index in [0.717, 1.165) is 37.3 Å². The Morgan fingerprint density at radius 1 is 1.21 bits per heavy atom. The van der Waals surface area contributed by atoms with Crippen LogP contribution in [0.5, 0.6) is 0 Å². The number of hydrogen-bond donors (Lipinski definition) is 2. The van der Waals surface area contributed by atoms with E-state index in [0.29, 0.717) is 12.0 Å². The molecule has 1 saturated heterocycles. The average Bonchev–Trinajstić information content (AvgIpc) is 2.94. The largest absolute Gasteiger partial charge is 0.369 e. The Bertz CT molecular complexity index is 484. The molecule has 3 N–H and O–H groups in total. The number of H-pyrrole nitrogens is 1. The Labute approximate surface area is 113 Å². The minimum Gasteiger partial charge on any atom is -0.369 e. The zero-order chi connectivity index (χ0) is 13.2. The highest BCUT2D eigenvalue weighted by Crippen LogP contribution is 2.37. The van der Waals surface area contributed by atoms with Crippen LogP contribution < -0.4 is 16.3 Å². The van der Waals surface area contributed by atoms with Crippen LogP contribution in [0.1, 0.15) is 50.1 Å². The number of anilines is 1. The predicted molar refractivity (Wildman–Crippen MR) is 75.5 cm³/mol. The summed E-state index contributed by atoms with van der Waals surface area (Å²) in [4.78, 5) is 20.8. The zero-order valence-corrected chi connectivity index (χ0v) is 11.3. The first kappa shape index (κ1) is 12.7. The van der Waals surface area contributed by atoms with Crippen LogP contribution in [0, 0.1) is 0 Å². The van der Waals surface area contributed by atoms with Gasteiger partial charge in [-0.1, -0.05) is 12.8 Å². The highest BCUT2D eigenvalue weighted by molar-refractivity contribution is 5.50. The lowest BCUT2D eigenvalue weighted by Crippen LogP contribution is -2.40. The smallest absolute Gasteiger partial charge is 0.345 e. The third-order valence-electron chi connectivity index (χ3n) is 4.47. The van der Waals surface area contributed by atoms with E-state index in [1.807, 2.05) is 0 Å². The summed E-state index contributed by atoms with van der Waals surface area (Å²) in [5.41, 5.74) is 7.96. The van der Waals surface area contributed by atoms with Gasteiger partial charge in [-0.25, -0.2) is 4.79 Å². The van der Waals surface area contributed by atoms with Crippen LogP contribution in [-0.2, 0) is 0 Å². The monoisotopic (exact) mass is 262 g/mol. The van der Waals surface area contributed by atoms with Crippen molar-refractivity contribution in [3.05, 3.63) is 22.4 Å². The molecule has 0 bridgehead atoms. The first-order chi connectivity index (χ1) is 9.24. The van der Waals surface area contributed by atoms with Crippen molar-refractivity contribution in [2.24, 2.45) is 5.73 Å². The van der Waals surface area contributed by atoms with Gasteiger partial charge in [0, 0.05) is 30.7 Å². The highest BCUT2D eigenvalue weighted by atomic mass is 16.1. The molecule has 19 heavy (non-hydrogen) atoms. The number of rotatable bonds is 2. The Morgan fingerprint density at radius 3 is 2.58 bits per heavy atom. The molecule has 5 nitrogen and oxygen atoms in total. The Hall–Kier alpha value is -1.36. The van der Waals surface area contributed by atoms with E-state index in [1.54, 1.807) is 6.20 Å². The van der Waals surface area contributed by atoms with Gasteiger partial charge in [0.25, 0.3) is 0 Å². The van der Waals surface area contributed by atoms with Crippen molar-refractivity contribution in [1.29, 1.82) is 0 Å². The average molecular weight is 262 g/mol. The second-order valence-electron chi connectivity index (χ2n) is 5.79. The SMILES string of the molecule is NC1CCN(c2cnc(=O)[nH]c2C2CCCC2)CC1. The van der Waals surface area contributed by atoms with E-state index in [1.165, 1.54) is 25.7 Å². The quantitative estimate of drug-likeness (QED) is 0.843. The fourth-order valence-electron chi connectivity index (χ4n) is 3.32. The van der Waals surface area contributed by atoms with Crippen LogP contribution in [0.15, 0.2) is 11.0 Å². The Balaban J connectivity index is 1.89. The molecule has 2 fully saturated rings. The van der Waals surface area contributed by atoms with Crippen molar-refractivity contribution in [3.8, 4) is 0 Å². The van der Waals surface area contributed by atoms with E-state index >= 15 is 0 Å². The van der Waals surface area contributed by atoms with E-state index in [2.05, 4.69) is 14.9 Å². The van der Waals surface area contributed by atoms with E-state index < -0.39 is 0 Å². The van der Waals surface area contributed by atoms with Crippen LogP contribution in [-0.4, -0.2) is 29.1 Å². The van der Waals surface area contributed by atoms with Gasteiger partial charge in [-0.3, -0.25) is 0 Å². The van der Waals surface area contributed by atoms with Crippen LogP contribution in [0.2, 0.25) is 0 Å². The third-order valence-corrected chi connectivity index (χ3v) is 4.47. The van der Waals surface area contributed by atoms with Gasteiger partial charge in [0.1, 0.15) is 0 Å². The lowest BCUT2D eigenvalue weighted by Gasteiger charge is -2.33. The van der Waals surface area contributed by atoms with Gasteiger partial charge in [-0.2, -0.15) is 4.98 Å². The Kier molecular flexibility index (Phi) is 3.55. The molecule has 5 heteroatoms. The van der Waals surface area contributed by atoms with Crippen molar-refractivity contribution in [3.63, 3.8) is 0 Å². The molecule has 1 saturated carbocycles. The van der Waals surface area contributed by atoms with Crippen molar-refractivity contribution in [2.75, 3.05) is 18.0 Å². The normalized spacial score (nSPS) is 22.1. The molecule has 0 unspecified atom stereocenters. The molecule has 1 aromatic heterocycles. The zero-order valence-electron chi connectivity index (χ0n) is 11.3. The van der Waals surface area contributed by atoms with E-state index in [4.69, 9.17) is 5.73 Å². The standard InChI is InChI=1S/C14H22N4O/c15-11-5-7-18(8-6-11)12-9-16-14(19)17-13(12)10-3-1-2-4-10/h9-11H,1-8,15H2,(H,16,17,19). The molecule has 0 atom stereocenters. The molecule has 2 heterocycles. The fraction of sp³-hybridized carbons (Fsp3) is 0.714. The second-order valence-corrected chi connectivity index (χ2v) is 5.79. The first-order valence-corrected chi connectivity index (χ1v) is 7.34. The predicted octanol–water partition coefficient (Wildman–Crippen LogP) is 1.35. The summed E-state index contributed by atoms with van der Waals surface area (Å²) in [6.07, 6.45) is 8.68. The molecule has 0 radical (unpaired) electrons. The summed E-state index contributed by atoms with van der Waals surface area (Å²) in [5, 5.41) is 0. The van der Waals surface area contributed by atoms with Gasteiger partial charge in [0.15, 0.2) is 0 Å². The summed E-state index contributed by atoms with van der Waals surface area (Å²) in [5.74, 6) is 0.501. The van der Waals surface area contributed by atoms with Crippen molar-refractivity contribution in [2.45, 2.75) is 50.5 Å². The lowest BCUT2D eigenvalue weighted by molar-refractivity contribution is 0.497. The van der Waals surface area contributed by atoms with Gasteiger partial charge >= 0.3 is 5.69 Å². The van der Waals surface area contributed by atoms with Gasteiger partial charge < -0.3 is 15.6 Å². The molecular weight excluding hydrogens is 240 g/mol. The topological polar surface area (TPSA) is 75.0 Å². The molecule has 1 aliphatic carbocycles. The van der Waals surface area contributed by atoms with Crippen LogP contribution in [0.25, 0.3) is 0 Å². The molecule has 3 rings (SSSR count). The maximum Gasteiger partial charge on any atom is 0.345 e. The molecule has 104 valence electrons. The summed E-state index contributed by atoms with van der Waals surface area (Å²) < 4.78 is 0. The highest BCUT2D eigenvalue weighted by Gasteiger charge is 2.25. The second kappa shape index (κ2) is 5.33. The van der Waals surface area contributed by atoms with Crippen LogP contribution >= 0.6 is 0 Å². The third kappa shape index (κ3) is 2.66. The van der Waals surface area contributed by atoms with Gasteiger partial charge in [0.2, 0.25) is 0 Å². The van der Waals surface area contributed by atoms with Crippen molar-refractivity contribution < 1.29 is 0 Å². The van der Waals surface area contributed by atoms with Crippen molar-refractivity contribution in [1.82, 2.24) is 9.97 Å². The van der Waals surface area contributed by atoms with E-state index in [9.17, 15) is 4.79 Å². The summed E-state index contributed by atoms with van der Waals surface area (Å²) in [6, 6.07) is 0.321. The van der Waals surface area contributed by atoms with Crippen LogP contribution in [0.4, 0.5) is 5.69 Å². The number of hydrogen-bond acceptors (Lipinski definition) is 4. The fourth-order valence-corrected chi connectivity index (χ4v) is 3.32.